The number of fused-ring (bicyclic) bond motifs is 3. The van der Waals surface area contributed by atoms with Gasteiger partial charge in [-0.2, -0.15) is 0 Å². The molecule has 1 saturated carbocycles. The maximum Gasteiger partial charge on any atom is 0.257 e. The van der Waals surface area contributed by atoms with E-state index in [4.69, 9.17) is 16.3 Å². The van der Waals surface area contributed by atoms with E-state index in [1.807, 2.05) is 0 Å². The standard InChI is InChI=1S/C23H20ClFN4O2/c24-15-6-8-20(28-12-15)31-19-11-14-5-7-18(19)29(13-14)23(30)21-16(3-1-4-17(21)25)22-26-9-2-10-27-22/h1-4,6,8-10,12,14,18-19H,5,7,11,13H2. The van der Waals surface area contributed by atoms with Crippen LogP contribution in [0.2, 0.25) is 5.02 Å². The van der Waals surface area contributed by atoms with Gasteiger partial charge in [0.05, 0.1) is 16.6 Å². The summed E-state index contributed by atoms with van der Waals surface area (Å²) in [7, 11) is 0. The zero-order valence-electron chi connectivity index (χ0n) is 16.6. The Labute approximate surface area is 184 Å². The van der Waals surface area contributed by atoms with Gasteiger partial charge in [-0.15, -0.1) is 0 Å². The van der Waals surface area contributed by atoms with E-state index in [9.17, 15) is 9.18 Å². The summed E-state index contributed by atoms with van der Waals surface area (Å²) in [5, 5.41) is 0.532. The van der Waals surface area contributed by atoms with Crippen molar-refractivity contribution in [3.05, 3.63) is 71.4 Å². The molecule has 6 nitrogen and oxygen atoms in total. The molecule has 4 heterocycles. The fourth-order valence-electron chi connectivity index (χ4n) is 4.59. The van der Waals surface area contributed by atoms with Crippen molar-refractivity contribution in [2.45, 2.75) is 31.4 Å². The number of rotatable bonds is 4. The predicted molar refractivity (Wildman–Crippen MR) is 113 cm³/mol. The number of nitrogens with zero attached hydrogens (tertiary/aromatic N) is 4. The highest BCUT2D eigenvalue weighted by Crippen LogP contribution is 2.39. The zero-order chi connectivity index (χ0) is 21.4. The van der Waals surface area contributed by atoms with Gasteiger partial charge in [0, 0.05) is 36.8 Å². The van der Waals surface area contributed by atoms with Crippen LogP contribution >= 0.6 is 11.6 Å². The molecule has 0 spiro atoms. The van der Waals surface area contributed by atoms with Crippen molar-refractivity contribution < 1.29 is 13.9 Å². The molecule has 3 aliphatic rings. The number of halogens is 2. The van der Waals surface area contributed by atoms with Crippen molar-refractivity contribution in [1.82, 2.24) is 19.9 Å². The maximum absolute atomic E-state index is 14.9. The first-order valence-electron chi connectivity index (χ1n) is 10.2. The maximum atomic E-state index is 14.9. The summed E-state index contributed by atoms with van der Waals surface area (Å²) < 4.78 is 21.0. The van der Waals surface area contributed by atoms with E-state index >= 15 is 0 Å². The van der Waals surface area contributed by atoms with E-state index in [1.54, 1.807) is 47.6 Å². The third-order valence-electron chi connectivity index (χ3n) is 5.99. The number of hydrogen-bond acceptors (Lipinski definition) is 5. The van der Waals surface area contributed by atoms with Crippen LogP contribution < -0.4 is 4.74 Å². The van der Waals surface area contributed by atoms with Crippen LogP contribution in [0, 0.1) is 11.7 Å². The molecule has 1 aliphatic carbocycles. The highest BCUT2D eigenvalue weighted by molar-refractivity contribution is 6.30. The molecule has 31 heavy (non-hydrogen) atoms. The third-order valence-corrected chi connectivity index (χ3v) is 6.21. The second-order valence-electron chi connectivity index (χ2n) is 7.91. The van der Waals surface area contributed by atoms with Gasteiger partial charge in [-0.05, 0) is 43.4 Å². The summed E-state index contributed by atoms with van der Waals surface area (Å²) in [4.78, 5) is 28.0. The molecule has 1 amide bonds. The number of ether oxygens (including phenoxy) is 1. The van der Waals surface area contributed by atoms with Gasteiger partial charge in [0.25, 0.3) is 5.91 Å². The lowest BCUT2D eigenvalue weighted by atomic mass is 9.77. The number of benzene rings is 1. The summed E-state index contributed by atoms with van der Waals surface area (Å²) in [5.41, 5.74) is 0.397. The normalized spacial score (nSPS) is 22.4. The van der Waals surface area contributed by atoms with Crippen LogP contribution in [0.3, 0.4) is 0 Å². The molecule has 2 saturated heterocycles. The molecule has 2 aromatic heterocycles. The smallest absolute Gasteiger partial charge is 0.257 e. The second kappa shape index (κ2) is 8.23. The minimum Gasteiger partial charge on any atom is -0.472 e. The number of amides is 1. The molecule has 2 bridgehead atoms. The lowest BCUT2D eigenvalue weighted by molar-refractivity contribution is -0.0315. The quantitative estimate of drug-likeness (QED) is 0.603. The van der Waals surface area contributed by atoms with Crippen LogP contribution in [0.4, 0.5) is 4.39 Å². The van der Waals surface area contributed by atoms with Gasteiger partial charge in [0.1, 0.15) is 11.9 Å². The minimum absolute atomic E-state index is 0.00428. The van der Waals surface area contributed by atoms with Crippen molar-refractivity contribution in [2.75, 3.05) is 6.54 Å². The topological polar surface area (TPSA) is 68.2 Å². The predicted octanol–water partition coefficient (Wildman–Crippen LogP) is 4.40. The molecule has 0 radical (unpaired) electrons. The van der Waals surface area contributed by atoms with Gasteiger partial charge in [0.2, 0.25) is 5.88 Å². The molecule has 3 aromatic rings. The monoisotopic (exact) mass is 438 g/mol. The number of pyridine rings is 1. The molecule has 3 atom stereocenters. The molecule has 3 unspecified atom stereocenters. The minimum atomic E-state index is -0.576. The fraction of sp³-hybridized carbons (Fsp3) is 0.304. The second-order valence-corrected chi connectivity index (χ2v) is 8.35. The van der Waals surface area contributed by atoms with Gasteiger partial charge in [-0.1, -0.05) is 23.7 Å². The van der Waals surface area contributed by atoms with Gasteiger partial charge in [0.15, 0.2) is 5.82 Å². The van der Waals surface area contributed by atoms with Crippen LogP contribution in [-0.4, -0.2) is 44.4 Å². The van der Waals surface area contributed by atoms with Crippen molar-refractivity contribution >= 4 is 17.5 Å². The van der Waals surface area contributed by atoms with E-state index in [0.29, 0.717) is 34.8 Å². The number of aromatic nitrogens is 3. The van der Waals surface area contributed by atoms with E-state index in [-0.39, 0.29) is 23.6 Å². The Morgan fingerprint density at radius 2 is 1.94 bits per heavy atom. The Morgan fingerprint density at radius 1 is 1.10 bits per heavy atom. The fourth-order valence-corrected chi connectivity index (χ4v) is 4.70. The Balaban J connectivity index is 1.45. The average molecular weight is 439 g/mol. The highest BCUT2D eigenvalue weighted by Gasteiger charge is 2.45. The van der Waals surface area contributed by atoms with E-state index in [0.717, 1.165) is 19.3 Å². The summed E-state index contributed by atoms with van der Waals surface area (Å²) in [6.07, 6.45) is 7.15. The highest BCUT2D eigenvalue weighted by atomic mass is 35.5. The van der Waals surface area contributed by atoms with E-state index < -0.39 is 5.82 Å². The van der Waals surface area contributed by atoms with Gasteiger partial charge >= 0.3 is 0 Å². The Kier molecular flexibility index (Phi) is 5.28. The first-order valence-corrected chi connectivity index (χ1v) is 10.6. The zero-order valence-corrected chi connectivity index (χ0v) is 17.4. The summed E-state index contributed by atoms with van der Waals surface area (Å²) in [6.45, 7) is 0.584. The molecule has 0 N–H and O–H groups in total. The molecular weight excluding hydrogens is 419 g/mol. The summed E-state index contributed by atoms with van der Waals surface area (Å²) >= 11 is 5.91. The van der Waals surface area contributed by atoms with E-state index in [2.05, 4.69) is 15.0 Å². The van der Waals surface area contributed by atoms with Crippen molar-refractivity contribution in [3.8, 4) is 17.3 Å². The van der Waals surface area contributed by atoms with Crippen LogP contribution in [-0.2, 0) is 0 Å². The van der Waals surface area contributed by atoms with Crippen molar-refractivity contribution in [2.24, 2.45) is 5.92 Å². The Bertz CT molecular complexity index is 1100. The number of piperidine rings is 2. The van der Waals surface area contributed by atoms with Gasteiger partial charge in [-0.25, -0.2) is 19.3 Å². The van der Waals surface area contributed by atoms with Crippen LogP contribution in [0.1, 0.15) is 29.6 Å². The van der Waals surface area contributed by atoms with Crippen molar-refractivity contribution in [3.63, 3.8) is 0 Å². The lowest BCUT2D eigenvalue weighted by Crippen LogP contribution is -2.59. The molecule has 2 aliphatic heterocycles. The first kappa shape index (κ1) is 19.9. The van der Waals surface area contributed by atoms with Gasteiger partial charge in [-0.3, -0.25) is 4.79 Å². The molecule has 158 valence electrons. The molecule has 3 fully saturated rings. The first-order chi connectivity index (χ1) is 15.1. The largest absolute Gasteiger partial charge is 0.472 e. The summed E-state index contributed by atoms with van der Waals surface area (Å²) in [5.74, 6) is 0.166. The molecule has 6 rings (SSSR count). The molecule has 1 aromatic carbocycles. The van der Waals surface area contributed by atoms with Crippen LogP contribution in [0.15, 0.2) is 55.0 Å². The van der Waals surface area contributed by atoms with Crippen molar-refractivity contribution in [1.29, 1.82) is 0 Å². The lowest BCUT2D eigenvalue weighted by Gasteiger charge is -2.49. The Hall–Kier alpha value is -3.06. The Morgan fingerprint density at radius 3 is 2.68 bits per heavy atom. The van der Waals surface area contributed by atoms with E-state index in [1.165, 1.54) is 12.3 Å². The van der Waals surface area contributed by atoms with Crippen LogP contribution in [0.25, 0.3) is 11.4 Å². The molecule has 8 heteroatoms. The number of carbonyl (C=O) groups is 1. The number of hydrogen-bond donors (Lipinski definition) is 0. The molecular formula is C23H20ClFN4O2. The summed E-state index contributed by atoms with van der Waals surface area (Å²) in [6, 6.07) is 9.52. The SMILES string of the molecule is O=C(c1c(F)cccc1-c1ncccn1)N1CC2CCC1C(Oc1ccc(Cl)cn1)C2. The average Bonchev–Trinajstić information content (AvgIpc) is 2.81. The van der Waals surface area contributed by atoms with Crippen LogP contribution in [0.5, 0.6) is 5.88 Å². The third kappa shape index (κ3) is 3.85. The number of carbonyl (C=O) groups excluding carboxylic acids is 1. The van der Waals surface area contributed by atoms with Gasteiger partial charge < -0.3 is 9.64 Å².